The SMILES string of the molecule is CN1CCN(C(=O)c2ccc(NC(=O)COc3ccccc3)cc2)CC1. The highest BCUT2D eigenvalue weighted by Gasteiger charge is 2.20. The summed E-state index contributed by atoms with van der Waals surface area (Å²) in [4.78, 5) is 28.5. The van der Waals surface area contributed by atoms with Crippen molar-refractivity contribution in [3.63, 3.8) is 0 Å². The average Bonchev–Trinajstić information content (AvgIpc) is 2.68. The Hall–Kier alpha value is -2.86. The summed E-state index contributed by atoms with van der Waals surface area (Å²) in [7, 11) is 2.06. The number of carbonyl (C=O) groups is 2. The number of amides is 2. The number of piperazine rings is 1. The second kappa shape index (κ2) is 8.49. The van der Waals surface area contributed by atoms with Crippen LogP contribution in [0.3, 0.4) is 0 Å². The van der Waals surface area contributed by atoms with Crippen LogP contribution in [0, 0.1) is 0 Å². The Labute approximate surface area is 153 Å². The minimum atomic E-state index is -0.244. The van der Waals surface area contributed by atoms with Crippen molar-refractivity contribution in [2.45, 2.75) is 0 Å². The van der Waals surface area contributed by atoms with Gasteiger partial charge in [-0.25, -0.2) is 0 Å². The maximum absolute atomic E-state index is 12.5. The van der Waals surface area contributed by atoms with Gasteiger partial charge in [0.15, 0.2) is 6.61 Å². The van der Waals surface area contributed by atoms with Crippen molar-refractivity contribution in [1.82, 2.24) is 9.80 Å². The smallest absolute Gasteiger partial charge is 0.262 e. The van der Waals surface area contributed by atoms with E-state index in [0.29, 0.717) is 17.0 Å². The van der Waals surface area contributed by atoms with Crippen LogP contribution in [0.25, 0.3) is 0 Å². The molecular formula is C20H23N3O3. The highest BCUT2D eigenvalue weighted by Crippen LogP contribution is 2.13. The van der Waals surface area contributed by atoms with Crippen LogP contribution in [-0.2, 0) is 4.79 Å². The van der Waals surface area contributed by atoms with Gasteiger partial charge in [-0.1, -0.05) is 18.2 Å². The molecule has 1 N–H and O–H groups in total. The molecule has 0 unspecified atom stereocenters. The van der Waals surface area contributed by atoms with E-state index in [1.807, 2.05) is 23.1 Å². The topological polar surface area (TPSA) is 61.9 Å². The molecule has 0 atom stereocenters. The lowest BCUT2D eigenvalue weighted by Crippen LogP contribution is -2.47. The standard InChI is InChI=1S/C20H23N3O3/c1-22-11-13-23(14-12-22)20(25)16-7-9-17(10-8-16)21-19(24)15-26-18-5-3-2-4-6-18/h2-10H,11-15H2,1H3,(H,21,24). The van der Waals surface area contributed by atoms with E-state index in [-0.39, 0.29) is 18.4 Å². The third kappa shape index (κ3) is 4.83. The van der Waals surface area contributed by atoms with Gasteiger partial charge in [0.1, 0.15) is 5.75 Å². The third-order valence-electron chi connectivity index (χ3n) is 4.32. The van der Waals surface area contributed by atoms with Gasteiger partial charge in [0.05, 0.1) is 0 Å². The molecule has 136 valence electrons. The van der Waals surface area contributed by atoms with E-state index >= 15 is 0 Å². The predicted octanol–water partition coefficient (Wildman–Crippen LogP) is 2.09. The Balaban J connectivity index is 1.51. The molecule has 0 bridgehead atoms. The first kappa shape index (κ1) is 17.9. The molecule has 1 saturated heterocycles. The lowest BCUT2D eigenvalue weighted by Gasteiger charge is -2.32. The van der Waals surface area contributed by atoms with Crippen LogP contribution in [0.4, 0.5) is 5.69 Å². The number of benzene rings is 2. The number of nitrogens with one attached hydrogen (secondary N) is 1. The van der Waals surface area contributed by atoms with Crippen LogP contribution in [0.2, 0.25) is 0 Å². The number of hydrogen-bond donors (Lipinski definition) is 1. The predicted molar refractivity (Wildman–Crippen MR) is 100 cm³/mol. The van der Waals surface area contributed by atoms with Gasteiger partial charge < -0.3 is 19.9 Å². The van der Waals surface area contributed by atoms with Gasteiger partial charge in [0, 0.05) is 37.4 Å². The molecule has 1 aliphatic heterocycles. The summed E-state index contributed by atoms with van der Waals surface area (Å²) >= 11 is 0. The zero-order chi connectivity index (χ0) is 18.4. The van der Waals surface area contributed by atoms with E-state index < -0.39 is 0 Å². The van der Waals surface area contributed by atoms with E-state index in [1.54, 1.807) is 36.4 Å². The summed E-state index contributed by atoms with van der Waals surface area (Å²) < 4.78 is 5.41. The van der Waals surface area contributed by atoms with Gasteiger partial charge in [0.25, 0.3) is 11.8 Å². The summed E-state index contributed by atoms with van der Waals surface area (Å²) in [6.07, 6.45) is 0. The Morgan fingerprint density at radius 3 is 2.27 bits per heavy atom. The van der Waals surface area contributed by atoms with Crippen LogP contribution in [0.15, 0.2) is 54.6 Å². The molecule has 2 aromatic rings. The molecule has 26 heavy (non-hydrogen) atoms. The average molecular weight is 353 g/mol. The molecule has 0 aromatic heterocycles. The van der Waals surface area contributed by atoms with Crippen molar-refractivity contribution in [3.8, 4) is 5.75 Å². The monoisotopic (exact) mass is 353 g/mol. The number of anilines is 1. The normalized spacial score (nSPS) is 14.7. The molecule has 0 radical (unpaired) electrons. The van der Waals surface area contributed by atoms with Crippen molar-refractivity contribution in [2.24, 2.45) is 0 Å². The Bertz CT molecular complexity index is 739. The lowest BCUT2D eigenvalue weighted by molar-refractivity contribution is -0.118. The second-order valence-electron chi connectivity index (χ2n) is 6.32. The molecule has 6 heteroatoms. The van der Waals surface area contributed by atoms with Crippen LogP contribution in [-0.4, -0.2) is 61.4 Å². The number of likely N-dealkylation sites (N-methyl/N-ethyl adjacent to an activating group) is 1. The van der Waals surface area contributed by atoms with Crippen molar-refractivity contribution in [1.29, 1.82) is 0 Å². The van der Waals surface area contributed by atoms with E-state index in [4.69, 9.17) is 4.74 Å². The first-order valence-electron chi connectivity index (χ1n) is 8.67. The number of carbonyl (C=O) groups excluding carboxylic acids is 2. The molecule has 0 spiro atoms. The van der Waals surface area contributed by atoms with Crippen LogP contribution in [0.5, 0.6) is 5.75 Å². The van der Waals surface area contributed by atoms with E-state index in [0.717, 1.165) is 26.2 Å². The highest BCUT2D eigenvalue weighted by molar-refractivity contribution is 5.96. The van der Waals surface area contributed by atoms with Crippen molar-refractivity contribution >= 4 is 17.5 Å². The Morgan fingerprint density at radius 2 is 1.62 bits per heavy atom. The largest absolute Gasteiger partial charge is 0.484 e. The summed E-state index contributed by atoms with van der Waals surface area (Å²) in [5, 5.41) is 2.77. The van der Waals surface area contributed by atoms with Gasteiger partial charge in [-0.15, -0.1) is 0 Å². The van der Waals surface area contributed by atoms with Crippen LogP contribution >= 0.6 is 0 Å². The van der Waals surface area contributed by atoms with Gasteiger partial charge in [-0.05, 0) is 43.4 Å². The summed E-state index contributed by atoms with van der Waals surface area (Å²) in [6, 6.07) is 16.2. The quantitative estimate of drug-likeness (QED) is 0.894. The number of hydrogen-bond acceptors (Lipinski definition) is 4. The zero-order valence-corrected chi connectivity index (χ0v) is 14.9. The van der Waals surface area contributed by atoms with Crippen molar-refractivity contribution in [3.05, 3.63) is 60.2 Å². The van der Waals surface area contributed by atoms with Gasteiger partial charge >= 0.3 is 0 Å². The fourth-order valence-electron chi connectivity index (χ4n) is 2.75. The molecule has 3 rings (SSSR count). The van der Waals surface area contributed by atoms with Gasteiger partial charge in [-0.3, -0.25) is 9.59 Å². The molecule has 1 heterocycles. The van der Waals surface area contributed by atoms with Crippen LogP contribution < -0.4 is 10.1 Å². The van der Waals surface area contributed by atoms with Crippen molar-refractivity contribution < 1.29 is 14.3 Å². The van der Waals surface area contributed by atoms with Gasteiger partial charge in [0.2, 0.25) is 0 Å². The molecule has 1 aliphatic rings. The molecule has 0 saturated carbocycles. The molecule has 2 aromatic carbocycles. The van der Waals surface area contributed by atoms with E-state index in [2.05, 4.69) is 17.3 Å². The first-order valence-corrected chi connectivity index (χ1v) is 8.67. The minimum Gasteiger partial charge on any atom is -0.484 e. The summed E-state index contributed by atoms with van der Waals surface area (Å²) in [6.45, 7) is 3.20. The number of rotatable bonds is 5. The Morgan fingerprint density at radius 1 is 0.962 bits per heavy atom. The molecule has 1 fully saturated rings. The summed E-state index contributed by atoms with van der Waals surface area (Å²) in [5.41, 5.74) is 1.27. The number of para-hydroxylation sites is 1. The second-order valence-corrected chi connectivity index (χ2v) is 6.32. The van der Waals surface area contributed by atoms with Gasteiger partial charge in [-0.2, -0.15) is 0 Å². The van der Waals surface area contributed by atoms with E-state index in [9.17, 15) is 9.59 Å². The third-order valence-corrected chi connectivity index (χ3v) is 4.32. The highest BCUT2D eigenvalue weighted by atomic mass is 16.5. The fraction of sp³-hybridized carbons (Fsp3) is 0.300. The molecule has 2 amide bonds. The fourth-order valence-corrected chi connectivity index (χ4v) is 2.75. The molecule has 0 aliphatic carbocycles. The Kier molecular flexibility index (Phi) is 5.86. The minimum absolute atomic E-state index is 0.0309. The maximum Gasteiger partial charge on any atom is 0.262 e. The molecular weight excluding hydrogens is 330 g/mol. The number of nitrogens with zero attached hydrogens (tertiary/aromatic N) is 2. The van der Waals surface area contributed by atoms with Crippen molar-refractivity contribution in [2.75, 3.05) is 45.2 Å². The summed E-state index contributed by atoms with van der Waals surface area (Å²) in [5.74, 6) is 0.436. The number of ether oxygens (including phenoxy) is 1. The maximum atomic E-state index is 12.5. The zero-order valence-electron chi connectivity index (χ0n) is 14.9. The molecule has 6 nitrogen and oxygen atoms in total. The lowest BCUT2D eigenvalue weighted by atomic mass is 10.1. The first-order chi connectivity index (χ1) is 12.6. The van der Waals surface area contributed by atoms with E-state index in [1.165, 1.54) is 0 Å². The van der Waals surface area contributed by atoms with Crippen LogP contribution in [0.1, 0.15) is 10.4 Å².